The average Bonchev–Trinajstić information content (AvgIpc) is 2.68. The van der Waals surface area contributed by atoms with Gasteiger partial charge < -0.3 is 14.8 Å². The number of hydrogen-bond acceptors (Lipinski definition) is 6. The van der Waals surface area contributed by atoms with Crippen molar-refractivity contribution < 1.29 is 14.3 Å². The number of anilines is 1. The summed E-state index contributed by atoms with van der Waals surface area (Å²) >= 11 is 1.42. The molecule has 0 spiro atoms. The number of pyridine rings is 1. The van der Waals surface area contributed by atoms with Gasteiger partial charge in [-0.3, -0.25) is 4.79 Å². The predicted molar refractivity (Wildman–Crippen MR) is 106 cm³/mol. The Morgan fingerprint density at radius 2 is 1.93 bits per heavy atom. The van der Waals surface area contributed by atoms with Gasteiger partial charge in [-0.25, -0.2) is 4.98 Å². The van der Waals surface area contributed by atoms with Crippen molar-refractivity contribution >= 4 is 23.4 Å². The van der Waals surface area contributed by atoms with Gasteiger partial charge in [0.05, 0.1) is 19.8 Å². The quantitative estimate of drug-likeness (QED) is 0.656. The van der Waals surface area contributed by atoms with Crippen LogP contribution in [0.3, 0.4) is 0 Å². The molecular weight excluding hydrogens is 362 g/mol. The fourth-order valence-electron chi connectivity index (χ4n) is 2.41. The monoisotopic (exact) mass is 385 g/mol. The number of nitriles is 1. The summed E-state index contributed by atoms with van der Waals surface area (Å²) in [5.74, 6) is 1.62. The van der Waals surface area contributed by atoms with E-state index >= 15 is 0 Å². The lowest BCUT2D eigenvalue weighted by Gasteiger charge is -2.10. The highest BCUT2D eigenvalue weighted by atomic mass is 32.2. The van der Waals surface area contributed by atoms with E-state index in [1.54, 1.807) is 38.5 Å². The van der Waals surface area contributed by atoms with Crippen molar-refractivity contribution in [3.05, 3.63) is 41.6 Å². The molecule has 1 heterocycles. The molecule has 2 aromatic rings. The van der Waals surface area contributed by atoms with Gasteiger partial charge in [-0.1, -0.05) is 13.3 Å². The number of carbonyl (C=O) groups excluding carboxylic acids is 1. The number of ether oxygens (including phenoxy) is 2. The first-order valence-electron chi connectivity index (χ1n) is 8.65. The van der Waals surface area contributed by atoms with E-state index in [2.05, 4.69) is 23.3 Å². The van der Waals surface area contributed by atoms with E-state index in [9.17, 15) is 10.1 Å². The number of nitrogens with one attached hydrogen (secondary N) is 1. The molecule has 1 N–H and O–H groups in total. The SMILES string of the molecule is CCCc1ccc(C#N)c(SCCC(=O)Nc2cc(OC)cc(OC)c2)n1. The smallest absolute Gasteiger partial charge is 0.225 e. The van der Waals surface area contributed by atoms with Crippen LogP contribution in [0.2, 0.25) is 0 Å². The number of thioether (sulfide) groups is 1. The molecule has 2 rings (SSSR count). The molecule has 0 fully saturated rings. The van der Waals surface area contributed by atoms with Gasteiger partial charge in [-0.05, 0) is 18.6 Å². The summed E-state index contributed by atoms with van der Waals surface area (Å²) in [5.41, 5.74) is 2.12. The van der Waals surface area contributed by atoms with Crippen molar-refractivity contribution in [1.82, 2.24) is 4.98 Å². The Hall–Kier alpha value is -2.72. The van der Waals surface area contributed by atoms with Crippen molar-refractivity contribution in [2.45, 2.75) is 31.2 Å². The Kier molecular flexibility index (Phi) is 7.96. The normalized spacial score (nSPS) is 10.1. The Balaban J connectivity index is 1.95. The summed E-state index contributed by atoms with van der Waals surface area (Å²) in [4.78, 5) is 16.8. The highest BCUT2D eigenvalue weighted by Crippen LogP contribution is 2.26. The molecule has 142 valence electrons. The van der Waals surface area contributed by atoms with Crippen LogP contribution in [0.25, 0.3) is 0 Å². The van der Waals surface area contributed by atoms with E-state index in [1.165, 1.54) is 11.8 Å². The number of amides is 1. The lowest BCUT2D eigenvalue weighted by molar-refractivity contribution is -0.115. The van der Waals surface area contributed by atoms with Crippen molar-refractivity contribution in [1.29, 1.82) is 5.26 Å². The van der Waals surface area contributed by atoms with Crippen molar-refractivity contribution in [3.8, 4) is 17.6 Å². The standard InChI is InChI=1S/C20H23N3O3S/c1-4-5-15-7-6-14(13-21)20(23-15)27-9-8-19(24)22-16-10-17(25-2)12-18(11-16)26-3/h6-7,10-12H,4-5,8-9H2,1-3H3,(H,22,24). The van der Waals surface area contributed by atoms with Crippen LogP contribution >= 0.6 is 11.8 Å². The zero-order chi connectivity index (χ0) is 19.6. The molecule has 0 saturated heterocycles. The van der Waals surface area contributed by atoms with Gasteiger partial charge in [-0.15, -0.1) is 11.8 Å². The minimum atomic E-state index is -0.124. The third kappa shape index (κ3) is 6.19. The maximum atomic E-state index is 12.2. The minimum absolute atomic E-state index is 0.124. The molecule has 0 atom stereocenters. The van der Waals surface area contributed by atoms with Crippen LogP contribution in [-0.2, 0) is 11.2 Å². The fraction of sp³-hybridized carbons (Fsp3) is 0.350. The Bertz CT molecular complexity index is 811. The topological polar surface area (TPSA) is 84.2 Å². The van der Waals surface area contributed by atoms with E-state index < -0.39 is 0 Å². The first kappa shape index (κ1) is 20.6. The minimum Gasteiger partial charge on any atom is -0.497 e. The number of rotatable bonds is 9. The summed E-state index contributed by atoms with van der Waals surface area (Å²) in [6.45, 7) is 2.09. The van der Waals surface area contributed by atoms with E-state index in [4.69, 9.17) is 9.47 Å². The molecule has 6 nitrogen and oxygen atoms in total. The zero-order valence-corrected chi connectivity index (χ0v) is 16.6. The second kappa shape index (κ2) is 10.4. The van der Waals surface area contributed by atoms with Crippen molar-refractivity contribution in [2.24, 2.45) is 0 Å². The third-order valence-electron chi connectivity index (χ3n) is 3.75. The number of methoxy groups -OCH3 is 2. The Morgan fingerprint density at radius 1 is 1.22 bits per heavy atom. The molecule has 27 heavy (non-hydrogen) atoms. The molecule has 1 amide bonds. The van der Waals surface area contributed by atoms with Gasteiger partial charge >= 0.3 is 0 Å². The van der Waals surface area contributed by atoms with Crippen LogP contribution in [0.4, 0.5) is 5.69 Å². The zero-order valence-electron chi connectivity index (χ0n) is 15.7. The van der Waals surface area contributed by atoms with Gasteiger partial charge in [0.1, 0.15) is 22.6 Å². The molecule has 0 aliphatic heterocycles. The largest absolute Gasteiger partial charge is 0.497 e. The van der Waals surface area contributed by atoms with Crippen molar-refractivity contribution in [3.63, 3.8) is 0 Å². The van der Waals surface area contributed by atoms with E-state index in [-0.39, 0.29) is 5.91 Å². The molecule has 7 heteroatoms. The predicted octanol–water partition coefficient (Wildman–Crippen LogP) is 4.04. The average molecular weight is 385 g/mol. The second-order valence-corrected chi connectivity index (χ2v) is 6.85. The van der Waals surface area contributed by atoms with Crippen LogP contribution in [0.1, 0.15) is 31.0 Å². The van der Waals surface area contributed by atoms with Crippen LogP contribution < -0.4 is 14.8 Å². The number of aryl methyl sites for hydroxylation is 1. The summed E-state index contributed by atoms with van der Waals surface area (Å²) in [5, 5.41) is 12.8. The summed E-state index contributed by atoms with van der Waals surface area (Å²) in [7, 11) is 3.12. The number of hydrogen-bond donors (Lipinski definition) is 1. The molecule has 0 radical (unpaired) electrons. The Morgan fingerprint density at radius 3 is 2.52 bits per heavy atom. The molecule has 1 aromatic heterocycles. The molecule has 0 aliphatic carbocycles. The maximum absolute atomic E-state index is 12.2. The van der Waals surface area contributed by atoms with E-state index in [1.807, 2.05) is 6.07 Å². The highest BCUT2D eigenvalue weighted by Gasteiger charge is 2.10. The molecular formula is C20H23N3O3S. The van der Waals surface area contributed by atoms with Gasteiger partial charge in [0.2, 0.25) is 5.91 Å². The number of aromatic nitrogens is 1. The molecule has 0 unspecified atom stereocenters. The van der Waals surface area contributed by atoms with E-state index in [0.717, 1.165) is 18.5 Å². The highest BCUT2D eigenvalue weighted by molar-refractivity contribution is 7.99. The van der Waals surface area contributed by atoms with Gasteiger partial charge in [0.25, 0.3) is 0 Å². The fourth-order valence-corrected chi connectivity index (χ4v) is 3.34. The molecule has 0 saturated carbocycles. The molecule has 0 aliphatic rings. The number of carbonyl (C=O) groups is 1. The summed E-state index contributed by atoms with van der Waals surface area (Å²) in [6.07, 6.45) is 2.17. The van der Waals surface area contributed by atoms with Crippen LogP contribution in [0.15, 0.2) is 35.4 Å². The summed E-state index contributed by atoms with van der Waals surface area (Å²) in [6, 6.07) is 11.0. The first-order chi connectivity index (χ1) is 13.1. The lowest BCUT2D eigenvalue weighted by atomic mass is 10.2. The van der Waals surface area contributed by atoms with Crippen LogP contribution in [0, 0.1) is 11.3 Å². The Labute approximate surface area is 163 Å². The molecule has 1 aromatic carbocycles. The lowest BCUT2D eigenvalue weighted by Crippen LogP contribution is -2.12. The van der Waals surface area contributed by atoms with Crippen LogP contribution in [0.5, 0.6) is 11.5 Å². The van der Waals surface area contributed by atoms with Crippen molar-refractivity contribution in [2.75, 3.05) is 25.3 Å². The second-order valence-electron chi connectivity index (χ2n) is 5.77. The van der Waals surface area contributed by atoms with Crippen LogP contribution in [-0.4, -0.2) is 30.9 Å². The number of benzene rings is 1. The van der Waals surface area contributed by atoms with E-state index in [0.29, 0.717) is 39.9 Å². The summed E-state index contributed by atoms with van der Waals surface area (Å²) < 4.78 is 10.4. The third-order valence-corrected chi connectivity index (χ3v) is 4.74. The number of nitrogens with zero attached hydrogens (tertiary/aromatic N) is 2. The first-order valence-corrected chi connectivity index (χ1v) is 9.64. The van der Waals surface area contributed by atoms with Gasteiger partial charge in [0.15, 0.2) is 0 Å². The van der Waals surface area contributed by atoms with Gasteiger partial charge in [-0.2, -0.15) is 5.26 Å². The van der Waals surface area contributed by atoms with Gasteiger partial charge in [0, 0.05) is 41.8 Å². The maximum Gasteiger partial charge on any atom is 0.225 e. The molecule has 0 bridgehead atoms.